The summed E-state index contributed by atoms with van der Waals surface area (Å²) in [6.45, 7) is 1.88. The number of amides is 1. The van der Waals surface area contributed by atoms with Gasteiger partial charge in [-0.25, -0.2) is 12.9 Å². The van der Waals surface area contributed by atoms with Crippen molar-refractivity contribution in [3.63, 3.8) is 0 Å². The minimum absolute atomic E-state index is 0.113. The maximum absolute atomic E-state index is 12.4. The minimum Gasteiger partial charge on any atom is -0.345 e. The molecule has 0 aromatic carbocycles. The molecular weight excluding hydrogens is 370 g/mol. The zero-order valence-electron chi connectivity index (χ0n) is 12.0. The number of sulfone groups is 1. The second-order valence-electron chi connectivity index (χ2n) is 5.91. The molecule has 22 heavy (non-hydrogen) atoms. The molecule has 118 valence electrons. The van der Waals surface area contributed by atoms with E-state index < -0.39 is 15.4 Å². The molecule has 1 saturated heterocycles. The van der Waals surface area contributed by atoms with Crippen molar-refractivity contribution in [2.45, 2.75) is 25.3 Å². The summed E-state index contributed by atoms with van der Waals surface area (Å²) in [5.74, 6) is -0.0503. The lowest BCUT2D eigenvalue weighted by Crippen LogP contribution is -2.51. The van der Waals surface area contributed by atoms with Crippen molar-refractivity contribution in [2.24, 2.45) is 0 Å². The van der Waals surface area contributed by atoms with E-state index in [0.29, 0.717) is 18.5 Å². The summed E-state index contributed by atoms with van der Waals surface area (Å²) in [6, 6.07) is 5.43. The summed E-state index contributed by atoms with van der Waals surface area (Å²) in [5.41, 5.74) is 0.641. The van der Waals surface area contributed by atoms with E-state index in [1.807, 2.05) is 19.1 Å². The zero-order valence-corrected chi connectivity index (χ0v) is 14.4. The van der Waals surface area contributed by atoms with Crippen LogP contribution in [0, 0.1) is 0 Å². The van der Waals surface area contributed by atoms with E-state index >= 15 is 0 Å². The van der Waals surface area contributed by atoms with Crippen LogP contribution in [0.25, 0.3) is 5.52 Å². The van der Waals surface area contributed by atoms with Crippen LogP contribution in [0.15, 0.2) is 28.9 Å². The zero-order chi connectivity index (χ0) is 16.0. The monoisotopic (exact) mass is 385 g/mol. The Morgan fingerprint density at radius 3 is 2.73 bits per heavy atom. The highest BCUT2D eigenvalue weighted by molar-refractivity contribution is 9.10. The first-order valence-corrected chi connectivity index (χ1v) is 9.56. The average molecular weight is 386 g/mol. The van der Waals surface area contributed by atoms with Crippen molar-refractivity contribution in [1.82, 2.24) is 14.9 Å². The maximum Gasteiger partial charge on any atom is 0.272 e. The predicted octanol–water partition coefficient (Wildman–Crippen LogP) is 1.79. The molecule has 0 saturated carbocycles. The van der Waals surface area contributed by atoms with E-state index in [-0.39, 0.29) is 17.4 Å². The van der Waals surface area contributed by atoms with Crippen molar-refractivity contribution in [3.8, 4) is 0 Å². The lowest BCUT2D eigenvalue weighted by molar-refractivity contribution is 0.0894. The first kappa shape index (κ1) is 15.5. The van der Waals surface area contributed by atoms with E-state index in [1.54, 1.807) is 16.8 Å². The molecule has 1 aliphatic rings. The fourth-order valence-electron chi connectivity index (χ4n) is 2.53. The average Bonchev–Trinajstić information content (AvgIpc) is 2.86. The highest BCUT2D eigenvalue weighted by atomic mass is 79.9. The van der Waals surface area contributed by atoms with Gasteiger partial charge in [-0.3, -0.25) is 4.79 Å². The molecule has 1 fully saturated rings. The smallest absolute Gasteiger partial charge is 0.272 e. The van der Waals surface area contributed by atoms with Gasteiger partial charge in [0.1, 0.15) is 9.84 Å². The lowest BCUT2D eigenvalue weighted by atomic mass is 9.94. The summed E-state index contributed by atoms with van der Waals surface area (Å²) >= 11 is 3.38. The molecule has 2 aromatic rings. The van der Waals surface area contributed by atoms with E-state index in [4.69, 9.17) is 0 Å². The Kier molecular flexibility index (Phi) is 3.76. The Hall–Kier alpha value is -1.41. The van der Waals surface area contributed by atoms with E-state index in [2.05, 4.69) is 26.3 Å². The topological polar surface area (TPSA) is 80.5 Å². The van der Waals surface area contributed by atoms with Gasteiger partial charge in [-0.05, 0) is 38.0 Å². The number of rotatable bonds is 2. The third-order valence-electron chi connectivity index (χ3n) is 4.00. The number of nitrogens with one attached hydrogen (secondary N) is 1. The Bertz CT molecular complexity index is 830. The van der Waals surface area contributed by atoms with Crippen molar-refractivity contribution in [2.75, 3.05) is 11.5 Å². The van der Waals surface area contributed by atoms with Crippen LogP contribution < -0.4 is 5.32 Å². The van der Waals surface area contributed by atoms with Crippen LogP contribution in [0.2, 0.25) is 0 Å². The molecule has 3 heterocycles. The summed E-state index contributed by atoms with van der Waals surface area (Å²) in [4.78, 5) is 12.4. The molecular formula is C14H16BrN3O3S. The molecule has 0 unspecified atom stereocenters. The van der Waals surface area contributed by atoms with Gasteiger partial charge >= 0.3 is 0 Å². The Labute approximate surface area is 136 Å². The minimum atomic E-state index is -2.96. The second kappa shape index (κ2) is 5.34. The first-order valence-electron chi connectivity index (χ1n) is 6.94. The van der Waals surface area contributed by atoms with Crippen LogP contribution >= 0.6 is 15.9 Å². The van der Waals surface area contributed by atoms with Crippen molar-refractivity contribution in [1.29, 1.82) is 0 Å². The number of aromatic nitrogens is 2. The molecule has 1 amide bonds. The van der Waals surface area contributed by atoms with Crippen LogP contribution in [0.3, 0.4) is 0 Å². The van der Waals surface area contributed by atoms with Crippen molar-refractivity contribution in [3.05, 3.63) is 34.6 Å². The number of fused-ring (bicyclic) bond motifs is 1. The summed E-state index contributed by atoms with van der Waals surface area (Å²) in [6.07, 6.45) is 2.63. The number of hydrogen-bond acceptors (Lipinski definition) is 4. The van der Waals surface area contributed by atoms with Crippen LogP contribution in [0.5, 0.6) is 0 Å². The number of carbonyl (C=O) groups excluding carboxylic acids is 1. The fourth-order valence-corrected chi connectivity index (χ4v) is 4.61. The largest absolute Gasteiger partial charge is 0.345 e. The normalized spacial score (nSPS) is 19.9. The summed E-state index contributed by atoms with van der Waals surface area (Å²) in [5, 5.41) is 7.18. The van der Waals surface area contributed by atoms with Gasteiger partial charge in [-0.2, -0.15) is 5.10 Å². The predicted molar refractivity (Wildman–Crippen MR) is 86.7 cm³/mol. The molecule has 0 spiro atoms. The van der Waals surface area contributed by atoms with Gasteiger partial charge in [0.05, 0.1) is 17.0 Å². The second-order valence-corrected chi connectivity index (χ2v) is 9.13. The third kappa shape index (κ3) is 3.17. The quantitative estimate of drug-likeness (QED) is 0.854. The number of nitrogens with zero attached hydrogens (tertiary/aromatic N) is 2. The molecule has 0 radical (unpaired) electrons. The third-order valence-corrected chi connectivity index (χ3v) is 6.15. The van der Waals surface area contributed by atoms with Gasteiger partial charge in [0.15, 0.2) is 5.69 Å². The highest BCUT2D eigenvalue weighted by Crippen LogP contribution is 2.24. The molecule has 0 aliphatic carbocycles. The molecule has 8 heteroatoms. The van der Waals surface area contributed by atoms with Crippen molar-refractivity contribution >= 4 is 37.2 Å². The maximum atomic E-state index is 12.4. The van der Waals surface area contributed by atoms with E-state index in [9.17, 15) is 13.2 Å². The fraction of sp³-hybridized carbons (Fsp3) is 0.429. The molecule has 3 rings (SSSR count). The molecule has 0 bridgehead atoms. The Morgan fingerprint density at radius 1 is 1.36 bits per heavy atom. The molecule has 2 aromatic heterocycles. The lowest BCUT2D eigenvalue weighted by Gasteiger charge is -2.34. The molecule has 6 nitrogen and oxygen atoms in total. The number of hydrogen-bond donors (Lipinski definition) is 1. The highest BCUT2D eigenvalue weighted by Gasteiger charge is 2.35. The summed E-state index contributed by atoms with van der Waals surface area (Å²) < 4.78 is 25.6. The standard InChI is InChI=1S/C14H16BrN3O3S/c1-14(3-6-22(20,21)7-4-14)16-13(19)12-9-11-8-10(15)2-5-18(11)17-12/h2,5,8-9H,3-4,6-7H2,1H3,(H,16,19). The molecule has 0 atom stereocenters. The number of halogens is 1. The number of carbonyl (C=O) groups is 1. The van der Waals surface area contributed by atoms with Crippen molar-refractivity contribution < 1.29 is 13.2 Å². The Morgan fingerprint density at radius 2 is 2.05 bits per heavy atom. The molecule has 1 aliphatic heterocycles. The number of pyridine rings is 1. The van der Waals surface area contributed by atoms with Gasteiger partial charge in [0, 0.05) is 16.2 Å². The van der Waals surface area contributed by atoms with Gasteiger partial charge in [0.2, 0.25) is 0 Å². The van der Waals surface area contributed by atoms with Crippen LogP contribution in [-0.2, 0) is 9.84 Å². The van der Waals surface area contributed by atoms with E-state index in [1.165, 1.54) is 0 Å². The van der Waals surface area contributed by atoms with Crippen LogP contribution in [0.4, 0.5) is 0 Å². The first-order chi connectivity index (χ1) is 10.3. The molecule has 1 N–H and O–H groups in total. The van der Waals surface area contributed by atoms with Gasteiger partial charge in [-0.15, -0.1) is 0 Å². The van der Waals surface area contributed by atoms with E-state index in [0.717, 1.165) is 9.99 Å². The SMILES string of the molecule is CC1(NC(=O)c2cc3cc(Br)ccn3n2)CCS(=O)(=O)CC1. The Balaban J connectivity index is 1.78. The van der Waals surface area contributed by atoms with Gasteiger partial charge in [-0.1, -0.05) is 15.9 Å². The van der Waals surface area contributed by atoms with Crippen LogP contribution in [0.1, 0.15) is 30.3 Å². The summed E-state index contributed by atoms with van der Waals surface area (Å²) in [7, 11) is -2.96. The van der Waals surface area contributed by atoms with Gasteiger partial charge in [0.25, 0.3) is 5.91 Å². The van der Waals surface area contributed by atoms with Gasteiger partial charge < -0.3 is 5.32 Å². The van der Waals surface area contributed by atoms with Crippen LogP contribution in [-0.4, -0.2) is 41.0 Å².